The third kappa shape index (κ3) is 5.35. The van der Waals surface area contributed by atoms with Crippen molar-refractivity contribution in [3.05, 3.63) is 200 Å². The molecule has 11 aromatic rings. The summed E-state index contributed by atoms with van der Waals surface area (Å²) in [5.74, 6) is 0. The normalized spacial score (nSPS) is 11.6. The first-order valence-electron chi connectivity index (χ1n) is 18.7. The molecule has 3 heteroatoms. The Morgan fingerprint density at radius 3 is 1.55 bits per heavy atom. The molecule has 0 atom stereocenters. The van der Waals surface area contributed by atoms with Gasteiger partial charge in [0.1, 0.15) is 0 Å². The Morgan fingerprint density at radius 2 is 0.818 bits per heavy atom. The van der Waals surface area contributed by atoms with Gasteiger partial charge in [0.2, 0.25) is 0 Å². The number of fused-ring (bicyclic) bond motifs is 7. The van der Waals surface area contributed by atoms with Gasteiger partial charge in [0.15, 0.2) is 0 Å². The SMILES string of the molecule is c1cc(-c2cccc3sc4ccccc4c23)cc(N(c2ccc(-c3cccc4sc5ccccc5c34)cc2)c2ccccc2-c2cccc3ccccc23)c1. The zero-order valence-electron chi connectivity index (χ0n) is 29.8. The molecule has 0 aliphatic heterocycles. The van der Waals surface area contributed by atoms with Gasteiger partial charge < -0.3 is 4.90 Å². The summed E-state index contributed by atoms with van der Waals surface area (Å²) < 4.78 is 5.27. The number of thiophene rings is 2. The summed E-state index contributed by atoms with van der Waals surface area (Å²) in [6.07, 6.45) is 0. The van der Waals surface area contributed by atoms with Crippen molar-refractivity contribution < 1.29 is 0 Å². The largest absolute Gasteiger partial charge is 0.310 e. The number of benzene rings is 9. The predicted molar refractivity (Wildman–Crippen MR) is 241 cm³/mol. The first kappa shape index (κ1) is 32.0. The van der Waals surface area contributed by atoms with Crippen LogP contribution in [0.2, 0.25) is 0 Å². The van der Waals surface area contributed by atoms with Gasteiger partial charge in [-0.1, -0.05) is 146 Å². The Bertz CT molecular complexity index is 3220. The highest BCUT2D eigenvalue weighted by Crippen LogP contribution is 2.46. The van der Waals surface area contributed by atoms with Crippen LogP contribution in [0, 0.1) is 0 Å². The summed E-state index contributed by atoms with van der Waals surface area (Å²) in [4.78, 5) is 2.44. The van der Waals surface area contributed by atoms with Gasteiger partial charge in [-0.15, -0.1) is 22.7 Å². The predicted octanol–water partition coefficient (Wildman–Crippen LogP) is 16.0. The van der Waals surface area contributed by atoms with E-state index in [4.69, 9.17) is 0 Å². The molecular formula is C52H33NS2. The average molecular weight is 736 g/mol. The fourth-order valence-corrected chi connectivity index (χ4v) is 10.7. The molecule has 0 bridgehead atoms. The molecule has 1 nitrogen and oxygen atoms in total. The number of anilines is 3. The zero-order valence-corrected chi connectivity index (χ0v) is 31.4. The van der Waals surface area contributed by atoms with E-state index in [1.165, 1.54) is 84.5 Å². The van der Waals surface area contributed by atoms with Gasteiger partial charge in [-0.2, -0.15) is 0 Å². The molecule has 0 saturated carbocycles. The fourth-order valence-electron chi connectivity index (χ4n) is 8.42. The van der Waals surface area contributed by atoms with Crippen molar-refractivity contribution in [2.24, 2.45) is 0 Å². The third-order valence-electron chi connectivity index (χ3n) is 10.9. The van der Waals surface area contributed by atoms with Crippen molar-refractivity contribution >= 4 is 90.9 Å². The van der Waals surface area contributed by atoms with Crippen LogP contribution in [0.25, 0.3) is 84.5 Å². The van der Waals surface area contributed by atoms with Crippen LogP contribution in [0.5, 0.6) is 0 Å². The lowest BCUT2D eigenvalue weighted by Gasteiger charge is -2.29. The van der Waals surface area contributed by atoms with Crippen LogP contribution in [-0.2, 0) is 0 Å². The quantitative estimate of drug-likeness (QED) is 0.164. The van der Waals surface area contributed by atoms with Crippen molar-refractivity contribution in [1.29, 1.82) is 0 Å². The molecule has 2 aromatic heterocycles. The Balaban J connectivity index is 1.11. The molecule has 11 rings (SSSR count). The molecule has 0 radical (unpaired) electrons. The van der Waals surface area contributed by atoms with Gasteiger partial charge in [-0.25, -0.2) is 0 Å². The minimum Gasteiger partial charge on any atom is -0.310 e. The van der Waals surface area contributed by atoms with Crippen LogP contribution in [0.4, 0.5) is 17.1 Å². The van der Waals surface area contributed by atoms with E-state index >= 15 is 0 Å². The maximum Gasteiger partial charge on any atom is 0.0540 e. The topological polar surface area (TPSA) is 3.24 Å². The van der Waals surface area contributed by atoms with Crippen molar-refractivity contribution in [2.45, 2.75) is 0 Å². The molecule has 0 unspecified atom stereocenters. The van der Waals surface area contributed by atoms with E-state index in [1.54, 1.807) is 0 Å². The van der Waals surface area contributed by atoms with Crippen molar-refractivity contribution in [2.75, 3.05) is 4.90 Å². The van der Waals surface area contributed by atoms with Crippen molar-refractivity contribution in [1.82, 2.24) is 0 Å². The lowest BCUT2D eigenvalue weighted by molar-refractivity contribution is 1.28. The highest BCUT2D eigenvalue weighted by molar-refractivity contribution is 7.26. The maximum absolute atomic E-state index is 2.44. The minimum absolute atomic E-state index is 1.11. The van der Waals surface area contributed by atoms with Crippen LogP contribution in [-0.4, -0.2) is 0 Å². The van der Waals surface area contributed by atoms with Crippen LogP contribution < -0.4 is 4.90 Å². The van der Waals surface area contributed by atoms with Gasteiger partial charge in [0.05, 0.1) is 5.69 Å². The summed E-state index contributed by atoms with van der Waals surface area (Å²) in [7, 11) is 0. The second kappa shape index (κ2) is 13.1. The average Bonchev–Trinajstić information content (AvgIpc) is 3.83. The number of hydrogen-bond donors (Lipinski definition) is 0. The molecule has 0 aliphatic carbocycles. The molecule has 0 fully saturated rings. The van der Waals surface area contributed by atoms with E-state index in [-0.39, 0.29) is 0 Å². The van der Waals surface area contributed by atoms with Crippen molar-refractivity contribution in [3.8, 4) is 33.4 Å². The second-order valence-corrected chi connectivity index (χ2v) is 16.2. The first-order chi connectivity index (χ1) is 27.3. The fraction of sp³-hybridized carbons (Fsp3) is 0. The van der Waals surface area contributed by atoms with E-state index in [0.717, 1.165) is 17.1 Å². The molecule has 9 aromatic carbocycles. The monoisotopic (exact) mass is 735 g/mol. The summed E-state index contributed by atoms with van der Waals surface area (Å²) in [6, 6.07) is 73.4. The van der Waals surface area contributed by atoms with Crippen molar-refractivity contribution in [3.63, 3.8) is 0 Å². The Labute approximate surface area is 327 Å². The van der Waals surface area contributed by atoms with Gasteiger partial charge in [-0.3, -0.25) is 0 Å². The van der Waals surface area contributed by atoms with Crippen LogP contribution in [0.3, 0.4) is 0 Å². The van der Waals surface area contributed by atoms with Crippen LogP contribution in [0.1, 0.15) is 0 Å². The summed E-state index contributed by atoms with van der Waals surface area (Å²) >= 11 is 3.73. The molecule has 0 amide bonds. The maximum atomic E-state index is 2.44. The second-order valence-electron chi connectivity index (χ2n) is 14.0. The number of rotatable bonds is 6. The molecule has 258 valence electrons. The summed E-state index contributed by atoms with van der Waals surface area (Å²) in [5.41, 5.74) is 10.7. The minimum atomic E-state index is 1.11. The van der Waals surface area contributed by atoms with Gasteiger partial charge in [-0.05, 0) is 93.2 Å². The lowest BCUT2D eigenvalue weighted by atomic mass is 9.95. The summed E-state index contributed by atoms with van der Waals surface area (Å²) in [5, 5.41) is 7.76. The molecule has 55 heavy (non-hydrogen) atoms. The van der Waals surface area contributed by atoms with E-state index in [1.807, 2.05) is 22.7 Å². The third-order valence-corrected chi connectivity index (χ3v) is 13.2. The van der Waals surface area contributed by atoms with Crippen LogP contribution >= 0.6 is 22.7 Å². The number of hydrogen-bond acceptors (Lipinski definition) is 3. The molecule has 2 heterocycles. The highest BCUT2D eigenvalue weighted by atomic mass is 32.1. The first-order valence-corrected chi connectivity index (χ1v) is 20.3. The number of nitrogens with zero attached hydrogens (tertiary/aromatic N) is 1. The highest BCUT2D eigenvalue weighted by Gasteiger charge is 2.20. The number of para-hydroxylation sites is 1. The van der Waals surface area contributed by atoms with Crippen LogP contribution in [0.15, 0.2) is 200 Å². The Morgan fingerprint density at radius 1 is 0.309 bits per heavy atom. The Kier molecular flexibility index (Phi) is 7.61. The standard InChI is InChI=1S/C52H33NS2/c1-2-17-39-34(13-1)14-10-23-42(39)43-18-3-6-24-46(43)53(37-31-29-35(30-32-37)40-21-11-27-49-51(40)44-19-4-7-25-47(44)54-49)38-16-9-15-36(33-38)41-22-12-28-50-52(41)45-20-5-8-26-48(45)55-50/h1-33H. The molecule has 0 aliphatic rings. The van der Waals surface area contributed by atoms with E-state index < -0.39 is 0 Å². The van der Waals surface area contributed by atoms with Gasteiger partial charge in [0.25, 0.3) is 0 Å². The molecular weight excluding hydrogens is 703 g/mol. The van der Waals surface area contributed by atoms with E-state index in [9.17, 15) is 0 Å². The van der Waals surface area contributed by atoms with Gasteiger partial charge >= 0.3 is 0 Å². The van der Waals surface area contributed by atoms with E-state index in [0.29, 0.717) is 0 Å². The molecule has 0 spiro atoms. The van der Waals surface area contributed by atoms with Gasteiger partial charge in [0, 0.05) is 57.3 Å². The Hall–Kier alpha value is -6.52. The zero-order chi connectivity index (χ0) is 36.3. The molecule has 0 saturated heterocycles. The smallest absolute Gasteiger partial charge is 0.0540 e. The molecule has 0 N–H and O–H groups in total. The van der Waals surface area contributed by atoms with E-state index in [2.05, 4.69) is 205 Å². The summed E-state index contributed by atoms with van der Waals surface area (Å²) in [6.45, 7) is 0. The lowest BCUT2D eigenvalue weighted by Crippen LogP contribution is -2.11.